The van der Waals surface area contributed by atoms with E-state index in [1.807, 2.05) is 0 Å². The monoisotopic (exact) mass is 255 g/mol. The van der Waals surface area contributed by atoms with E-state index in [9.17, 15) is 0 Å². The normalized spacial score (nSPS) is 19.8. The second kappa shape index (κ2) is 5.57. The van der Waals surface area contributed by atoms with Gasteiger partial charge in [0.1, 0.15) is 5.82 Å². The van der Waals surface area contributed by atoms with Gasteiger partial charge in [0, 0.05) is 24.5 Å². The summed E-state index contributed by atoms with van der Waals surface area (Å²) in [7, 11) is 0. The third kappa shape index (κ3) is 2.71. The standard InChI is InChI=1S/C16H21N3/c1-2-17-14-7-5-11-19(12-14)16-10-9-13-6-3-4-8-15(13)18-16/h3-4,6,8-10,14,17H,2,5,7,11-12H2,1H3. The summed E-state index contributed by atoms with van der Waals surface area (Å²) in [5, 5.41) is 4.77. The lowest BCUT2D eigenvalue weighted by atomic mass is 10.1. The SMILES string of the molecule is CCNC1CCCN(c2ccc3ccccc3n2)C1. The number of pyridine rings is 1. The molecule has 0 aliphatic carbocycles. The summed E-state index contributed by atoms with van der Waals surface area (Å²) in [6.45, 7) is 5.41. The Labute approximate surface area is 114 Å². The number of benzene rings is 1. The number of nitrogens with one attached hydrogen (secondary N) is 1. The van der Waals surface area contributed by atoms with E-state index in [0.29, 0.717) is 6.04 Å². The van der Waals surface area contributed by atoms with Crippen molar-refractivity contribution >= 4 is 16.7 Å². The van der Waals surface area contributed by atoms with E-state index < -0.39 is 0 Å². The van der Waals surface area contributed by atoms with E-state index in [1.54, 1.807) is 0 Å². The van der Waals surface area contributed by atoms with Crippen LogP contribution in [-0.2, 0) is 0 Å². The van der Waals surface area contributed by atoms with E-state index in [2.05, 4.69) is 53.5 Å². The molecular formula is C16H21N3. The van der Waals surface area contributed by atoms with Crippen molar-refractivity contribution in [1.82, 2.24) is 10.3 Å². The van der Waals surface area contributed by atoms with Crippen molar-refractivity contribution in [3.8, 4) is 0 Å². The average molecular weight is 255 g/mol. The minimum Gasteiger partial charge on any atom is -0.355 e. The maximum atomic E-state index is 4.79. The zero-order chi connectivity index (χ0) is 13.1. The highest BCUT2D eigenvalue weighted by atomic mass is 15.2. The van der Waals surface area contributed by atoms with Crippen molar-refractivity contribution in [2.45, 2.75) is 25.8 Å². The van der Waals surface area contributed by atoms with E-state index in [0.717, 1.165) is 31.0 Å². The van der Waals surface area contributed by atoms with Gasteiger partial charge >= 0.3 is 0 Å². The van der Waals surface area contributed by atoms with E-state index in [1.165, 1.54) is 18.2 Å². The van der Waals surface area contributed by atoms with Gasteiger partial charge in [-0.2, -0.15) is 0 Å². The minimum atomic E-state index is 0.604. The first-order valence-corrected chi connectivity index (χ1v) is 7.21. The first-order chi connectivity index (χ1) is 9.36. The summed E-state index contributed by atoms with van der Waals surface area (Å²) in [5.74, 6) is 1.11. The third-order valence-corrected chi connectivity index (χ3v) is 3.82. The predicted octanol–water partition coefficient (Wildman–Crippen LogP) is 2.81. The van der Waals surface area contributed by atoms with Gasteiger partial charge in [-0.1, -0.05) is 25.1 Å². The Morgan fingerprint density at radius 1 is 1.26 bits per heavy atom. The van der Waals surface area contributed by atoms with Crippen LogP contribution in [0.4, 0.5) is 5.82 Å². The molecule has 0 amide bonds. The Hall–Kier alpha value is -1.61. The molecule has 0 bridgehead atoms. The van der Waals surface area contributed by atoms with E-state index in [4.69, 9.17) is 4.98 Å². The van der Waals surface area contributed by atoms with Gasteiger partial charge in [-0.05, 0) is 37.6 Å². The first kappa shape index (κ1) is 12.4. The van der Waals surface area contributed by atoms with Gasteiger partial charge in [0.25, 0.3) is 0 Å². The van der Waals surface area contributed by atoms with Gasteiger partial charge in [0.05, 0.1) is 5.52 Å². The number of fused-ring (bicyclic) bond motifs is 1. The number of anilines is 1. The Morgan fingerprint density at radius 3 is 3.05 bits per heavy atom. The van der Waals surface area contributed by atoms with Crippen LogP contribution in [0.15, 0.2) is 36.4 Å². The molecule has 1 aliphatic heterocycles. The highest BCUT2D eigenvalue weighted by Gasteiger charge is 2.19. The maximum absolute atomic E-state index is 4.79. The zero-order valence-corrected chi connectivity index (χ0v) is 11.5. The topological polar surface area (TPSA) is 28.2 Å². The van der Waals surface area contributed by atoms with Crippen molar-refractivity contribution in [2.24, 2.45) is 0 Å². The Balaban J connectivity index is 1.83. The zero-order valence-electron chi connectivity index (χ0n) is 11.5. The van der Waals surface area contributed by atoms with Crippen molar-refractivity contribution < 1.29 is 0 Å². The number of para-hydroxylation sites is 1. The fraction of sp³-hybridized carbons (Fsp3) is 0.438. The molecule has 1 N–H and O–H groups in total. The lowest BCUT2D eigenvalue weighted by Crippen LogP contribution is -2.46. The second-order valence-electron chi connectivity index (χ2n) is 5.20. The minimum absolute atomic E-state index is 0.604. The molecule has 100 valence electrons. The first-order valence-electron chi connectivity index (χ1n) is 7.21. The molecule has 3 nitrogen and oxygen atoms in total. The van der Waals surface area contributed by atoms with Crippen LogP contribution in [-0.4, -0.2) is 30.7 Å². The highest BCUT2D eigenvalue weighted by molar-refractivity contribution is 5.80. The molecule has 3 rings (SSSR count). The van der Waals surface area contributed by atoms with Gasteiger partial charge in [0.15, 0.2) is 0 Å². The molecule has 0 radical (unpaired) electrons. The summed E-state index contributed by atoms with van der Waals surface area (Å²) in [4.78, 5) is 7.20. The number of rotatable bonds is 3. The van der Waals surface area contributed by atoms with Crippen LogP contribution in [0.5, 0.6) is 0 Å². The van der Waals surface area contributed by atoms with Gasteiger partial charge in [-0.3, -0.25) is 0 Å². The van der Waals surface area contributed by atoms with Crippen LogP contribution in [0.1, 0.15) is 19.8 Å². The summed E-state index contributed by atoms with van der Waals surface area (Å²) in [5.41, 5.74) is 1.09. The molecule has 1 atom stereocenters. The molecule has 19 heavy (non-hydrogen) atoms. The average Bonchev–Trinajstić information content (AvgIpc) is 2.47. The van der Waals surface area contributed by atoms with Gasteiger partial charge in [-0.25, -0.2) is 4.98 Å². The van der Waals surface area contributed by atoms with Crippen LogP contribution >= 0.6 is 0 Å². The van der Waals surface area contributed by atoms with Crippen LogP contribution in [0.3, 0.4) is 0 Å². The predicted molar refractivity (Wildman–Crippen MR) is 80.7 cm³/mol. The third-order valence-electron chi connectivity index (χ3n) is 3.82. The smallest absolute Gasteiger partial charge is 0.129 e. The molecule has 1 aromatic heterocycles. The second-order valence-corrected chi connectivity index (χ2v) is 5.20. The lowest BCUT2D eigenvalue weighted by Gasteiger charge is -2.34. The fourth-order valence-corrected chi connectivity index (χ4v) is 2.87. The molecule has 3 heteroatoms. The van der Waals surface area contributed by atoms with Gasteiger partial charge < -0.3 is 10.2 Å². The number of hydrogen-bond acceptors (Lipinski definition) is 3. The summed E-state index contributed by atoms with van der Waals surface area (Å²) >= 11 is 0. The molecule has 1 saturated heterocycles. The molecule has 1 unspecified atom stereocenters. The highest BCUT2D eigenvalue weighted by Crippen LogP contribution is 2.21. The summed E-state index contributed by atoms with van der Waals surface area (Å²) in [6, 6.07) is 13.2. The van der Waals surface area contributed by atoms with Crippen LogP contribution in [0.25, 0.3) is 10.9 Å². The van der Waals surface area contributed by atoms with Gasteiger partial charge in [-0.15, -0.1) is 0 Å². The van der Waals surface area contributed by atoms with Crippen LogP contribution in [0, 0.1) is 0 Å². The molecule has 0 spiro atoms. The van der Waals surface area contributed by atoms with Crippen molar-refractivity contribution in [3.63, 3.8) is 0 Å². The number of likely N-dealkylation sites (N-methyl/N-ethyl adjacent to an activating group) is 1. The number of hydrogen-bond donors (Lipinski definition) is 1. The summed E-state index contributed by atoms with van der Waals surface area (Å²) in [6.07, 6.45) is 2.52. The lowest BCUT2D eigenvalue weighted by molar-refractivity contribution is 0.430. The molecule has 1 aromatic carbocycles. The van der Waals surface area contributed by atoms with Crippen molar-refractivity contribution in [3.05, 3.63) is 36.4 Å². The van der Waals surface area contributed by atoms with Crippen LogP contribution < -0.4 is 10.2 Å². The molecule has 2 aromatic rings. The fourth-order valence-electron chi connectivity index (χ4n) is 2.87. The number of aromatic nitrogens is 1. The molecule has 0 saturated carbocycles. The Bertz CT molecular complexity index is 550. The summed E-state index contributed by atoms with van der Waals surface area (Å²) < 4.78 is 0. The number of nitrogens with zero attached hydrogens (tertiary/aromatic N) is 2. The van der Waals surface area contributed by atoms with E-state index in [-0.39, 0.29) is 0 Å². The number of piperidine rings is 1. The molecule has 2 heterocycles. The molecule has 1 aliphatic rings. The molecule has 1 fully saturated rings. The Kier molecular flexibility index (Phi) is 3.65. The quantitative estimate of drug-likeness (QED) is 0.914. The van der Waals surface area contributed by atoms with Gasteiger partial charge in [0.2, 0.25) is 0 Å². The maximum Gasteiger partial charge on any atom is 0.129 e. The largest absolute Gasteiger partial charge is 0.355 e. The van der Waals surface area contributed by atoms with Crippen molar-refractivity contribution in [1.29, 1.82) is 0 Å². The van der Waals surface area contributed by atoms with Crippen LogP contribution in [0.2, 0.25) is 0 Å². The van der Waals surface area contributed by atoms with Crippen molar-refractivity contribution in [2.75, 3.05) is 24.5 Å². The van der Waals surface area contributed by atoms with E-state index >= 15 is 0 Å². The molecular weight excluding hydrogens is 234 g/mol. The Morgan fingerprint density at radius 2 is 2.16 bits per heavy atom.